The molecular weight excluding hydrogens is 400 g/mol. The summed E-state index contributed by atoms with van der Waals surface area (Å²) < 4.78 is 2.24. The second-order valence-corrected chi connectivity index (χ2v) is 7.87. The first-order valence-electron chi connectivity index (χ1n) is 10.8. The summed E-state index contributed by atoms with van der Waals surface area (Å²) in [5, 5.41) is 24.7. The number of phenols is 1. The van der Waals surface area contributed by atoms with Crippen LogP contribution in [0.3, 0.4) is 0 Å². The number of unbranched alkanes of at least 4 members (excludes halogenated alkanes) is 1. The van der Waals surface area contributed by atoms with E-state index in [9.17, 15) is 5.11 Å². The summed E-state index contributed by atoms with van der Waals surface area (Å²) in [6.45, 7) is 2.85. The number of rotatable bonds is 7. The van der Waals surface area contributed by atoms with Crippen LogP contribution in [0.25, 0.3) is 33.5 Å². The molecule has 2 N–H and O–H groups in total. The number of aromatic hydroxyl groups is 1. The highest BCUT2D eigenvalue weighted by Crippen LogP contribution is 2.32. The monoisotopic (exact) mass is 424 g/mol. The lowest BCUT2D eigenvalue weighted by atomic mass is 9.97. The normalized spacial score (nSPS) is 11.3. The third-order valence-electron chi connectivity index (χ3n) is 5.66. The van der Waals surface area contributed by atoms with Crippen LogP contribution in [0.15, 0.2) is 66.7 Å². The first kappa shape index (κ1) is 19.9. The van der Waals surface area contributed by atoms with Crippen molar-refractivity contribution in [3.63, 3.8) is 0 Å². The minimum atomic E-state index is 0.232. The fraction of sp³-hybridized carbons (Fsp3) is 0.200. The number of benzene rings is 3. The van der Waals surface area contributed by atoms with Crippen LogP contribution in [0.2, 0.25) is 0 Å². The molecule has 0 bridgehead atoms. The maximum Gasteiger partial charge on any atom is 0.205 e. The smallest absolute Gasteiger partial charge is 0.205 e. The van der Waals surface area contributed by atoms with Gasteiger partial charge in [-0.05, 0) is 46.5 Å². The van der Waals surface area contributed by atoms with Crippen LogP contribution in [0.5, 0.6) is 5.75 Å². The quantitative estimate of drug-likeness (QED) is 0.384. The molecule has 0 spiro atoms. The van der Waals surface area contributed by atoms with Crippen molar-refractivity contribution in [1.82, 2.24) is 30.2 Å². The Morgan fingerprint density at radius 2 is 1.84 bits per heavy atom. The maximum absolute atomic E-state index is 9.90. The first-order chi connectivity index (χ1) is 15.7. The Balaban J connectivity index is 1.59. The van der Waals surface area contributed by atoms with Crippen LogP contribution >= 0.6 is 0 Å². The lowest BCUT2D eigenvalue weighted by Gasteiger charge is -2.13. The van der Waals surface area contributed by atoms with Crippen LogP contribution in [0.1, 0.15) is 31.2 Å². The highest BCUT2D eigenvalue weighted by Gasteiger charge is 2.15. The zero-order valence-corrected chi connectivity index (χ0v) is 17.9. The van der Waals surface area contributed by atoms with Gasteiger partial charge in [-0.1, -0.05) is 55.8 Å². The summed E-state index contributed by atoms with van der Waals surface area (Å²) in [7, 11) is 0. The predicted molar refractivity (Wildman–Crippen MR) is 124 cm³/mol. The highest BCUT2D eigenvalue weighted by atomic mass is 16.3. The van der Waals surface area contributed by atoms with Crippen LogP contribution in [-0.4, -0.2) is 35.3 Å². The summed E-state index contributed by atoms with van der Waals surface area (Å²) in [6.07, 6.45) is 3.06. The average Bonchev–Trinajstić information content (AvgIpc) is 3.47. The van der Waals surface area contributed by atoms with E-state index in [1.54, 1.807) is 12.1 Å². The van der Waals surface area contributed by atoms with Crippen LogP contribution in [0.4, 0.5) is 0 Å². The van der Waals surface area contributed by atoms with E-state index < -0.39 is 0 Å². The van der Waals surface area contributed by atoms with Crippen molar-refractivity contribution in [2.75, 3.05) is 0 Å². The van der Waals surface area contributed by atoms with Crippen molar-refractivity contribution in [3.8, 4) is 28.3 Å². The van der Waals surface area contributed by atoms with E-state index in [1.807, 2.05) is 24.3 Å². The molecule has 0 fully saturated rings. The van der Waals surface area contributed by atoms with Gasteiger partial charge in [0.2, 0.25) is 5.82 Å². The highest BCUT2D eigenvalue weighted by molar-refractivity contribution is 5.81. The largest absolute Gasteiger partial charge is 0.508 e. The Kier molecular flexibility index (Phi) is 5.37. The van der Waals surface area contributed by atoms with Crippen molar-refractivity contribution < 1.29 is 5.11 Å². The molecule has 0 aliphatic carbocycles. The van der Waals surface area contributed by atoms with Crippen molar-refractivity contribution in [2.45, 2.75) is 32.7 Å². The molecule has 160 valence electrons. The van der Waals surface area contributed by atoms with E-state index in [2.05, 4.69) is 62.4 Å². The number of hydrogen-bond donors (Lipinski definition) is 2. The van der Waals surface area contributed by atoms with Gasteiger partial charge < -0.3 is 9.67 Å². The topological polar surface area (TPSA) is 92.5 Å². The predicted octanol–water partition coefficient (Wildman–Crippen LogP) is 4.98. The number of tetrazole rings is 1. The van der Waals surface area contributed by atoms with Crippen molar-refractivity contribution in [3.05, 3.63) is 78.1 Å². The molecule has 7 heteroatoms. The number of aromatic amines is 1. The number of nitrogens with zero attached hydrogens (tertiary/aromatic N) is 5. The molecule has 2 heterocycles. The molecule has 0 saturated carbocycles. The van der Waals surface area contributed by atoms with Crippen LogP contribution < -0.4 is 0 Å². The molecular formula is C25H24N6O. The van der Waals surface area contributed by atoms with E-state index in [1.165, 1.54) is 0 Å². The zero-order chi connectivity index (χ0) is 21.9. The van der Waals surface area contributed by atoms with Gasteiger partial charge in [-0.2, -0.15) is 5.21 Å². The molecule has 0 amide bonds. The van der Waals surface area contributed by atoms with E-state index in [4.69, 9.17) is 4.98 Å². The third kappa shape index (κ3) is 3.85. The summed E-state index contributed by atoms with van der Waals surface area (Å²) in [6, 6.07) is 22.0. The minimum Gasteiger partial charge on any atom is -0.508 e. The molecule has 5 rings (SSSR count). The van der Waals surface area contributed by atoms with Gasteiger partial charge in [-0.3, -0.25) is 0 Å². The summed E-state index contributed by atoms with van der Waals surface area (Å²) in [4.78, 5) is 4.81. The Morgan fingerprint density at radius 3 is 2.62 bits per heavy atom. The van der Waals surface area contributed by atoms with Crippen molar-refractivity contribution in [2.24, 2.45) is 0 Å². The number of aromatic nitrogens is 6. The molecule has 7 nitrogen and oxygen atoms in total. The van der Waals surface area contributed by atoms with E-state index >= 15 is 0 Å². The van der Waals surface area contributed by atoms with Crippen LogP contribution in [0, 0.1) is 0 Å². The minimum absolute atomic E-state index is 0.232. The van der Waals surface area contributed by atoms with Crippen molar-refractivity contribution >= 4 is 11.0 Å². The molecule has 3 aromatic carbocycles. The Labute approximate surface area is 185 Å². The second kappa shape index (κ2) is 8.63. The number of aryl methyl sites for hydroxylation is 1. The van der Waals surface area contributed by atoms with Crippen molar-refractivity contribution in [1.29, 1.82) is 0 Å². The molecule has 0 saturated heterocycles. The summed E-state index contributed by atoms with van der Waals surface area (Å²) in [5.74, 6) is 1.83. The molecule has 0 radical (unpaired) electrons. The maximum atomic E-state index is 9.90. The Bertz CT molecular complexity index is 1340. The summed E-state index contributed by atoms with van der Waals surface area (Å²) >= 11 is 0. The van der Waals surface area contributed by atoms with Gasteiger partial charge in [0, 0.05) is 24.6 Å². The number of fused-ring (bicyclic) bond motifs is 1. The molecule has 0 aliphatic rings. The SMILES string of the molecule is CCCCc1nc2cc(O)ccc2n1Cc1ccc(-c2ccccc2)c(-c2nn[nH]n2)c1. The van der Waals surface area contributed by atoms with Gasteiger partial charge >= 0.3 is 0 Å². The van der Waals surface area contributed by atoms with E-state index in [0.717, 1.165) is 58.4 Å². The zero-order valence-electron chi connectivity index (χ0n) is 17.9. The Hall–Kier alpha value is -4.00. The van der Waals surface area contributed by atoms with Gasteiger partial charge in [-0.15, -0.1) is 10.2 Å². The third-order valence-corrected chi connectivity index (χ3v) is 5.66. The lowest BCUT2D eigenvalue weighted by molar-refractivity contribution is 0.476. The number of phenolic OH excluding ortho intramolecular Hbond substituents is 1. The summed E-state index contributed by atoms with van der Waals surface area (Å²) in [5.41, 5.74) is 6.04. The molecule has 0 aliphatic heterocycles. The van der Waals surface area contributed by atoms with Gasteiger partial charge in [0.25, 0.3) is 0 Å². The van der Waals surface area contributed by atoms with Gasteiger partial charge in [0.15, 0.2) is 0 Å². The standard InChI is InChI=1S/C25H24N6O/c1-2-3-9-24-26-22-15-19(32)11-13-23(22)31(24)16-17-10-12-20(18-7-5-4-6-8-18)21(14-17)25-27-29-30-28-25/h4-8,10-15,32H,2-3,9,16H2,1H3,(H,27,28,29,30). The second-order valence-electron chi connectivity index (χ2n) is 7.87. The van der Waals surface area contributed by atoms with Gasteiger partial charge in [-0.25, -0.2) is 4.98 Å². The fourth-order valence-corrected chi connectivity index (χ4v) is 4.07. The average molecular weight is 425 g/mol. The molecule has 5 aromatic rings. The molecule has 2 aromatic heterocycles. The fourth-order valence-electron chi connectivity index (χ4n) is 4.07. The molecule has 0 unspecified atom stereocenters. The van der Waals surface area contributed by atoms with E-state index in [0.29, 0.717) is 12.4 Å². The molecule has 0 atom stereocenters. The van der Waals surface area contributed by atoms with Gasteiger partial charge in [0.05, 0.1) is 11.0 Å². The molecule has 32 heavy (non-hydrogen) atoms. The number of imidazole rings is 1. The lowest BCUT2D eigenvalue weighted by Crippen LogP contribution is -2.06. The number of nitrogens with one attached hydrogen (secondary N) is 1. The first-order valence-corrected chi connectivity index (χ1v) is 10.8. The number of hydrogen-bond acceptors (Lipinski definition) is 5. The van der Waals surface area contributed by atoms with Crippen LogP contribution in [-0.2, 0) is 13.0 Å². The number of H-pyrrole nitrogens is 1. The van der Waals surface area contributed by atoms with E-state index in [-0.39, 0.29) is 5.75 Å². The Morgan fingerprint density at radius 1 is 0.969 bits per heavy atom. The van der Waals surface area contributed by atoms with Gasteiger partial charge in [0.1, 0.15) is 11.6 Å².